The Kier molecular flexibility index (Phi) is 4.61. The monoisotopic (exact) mass is 395 g/mol. The highest BCUT2D eigenvalue weighted by Crippen LogP contribution is 2.29. The summed E-state index contributed by atoms with van der Waals surface area (Å²) in [6, 6.07) is 0.720. The van der Waals surface area contributed by atoms with Crippen molar-refractivity contribution in [2.45, 2.75) is 45.2 Å². The van der Waals surface area contributed by atoms with Crippen LogP contribution in [0.5, 0.6) is 0 Å². The van der Waals surface area contributed by atoms with Crippen LogP contribution in [0.15, 0.2) is 18.7 Å². The lowest BCUT2D eigenvalue weighted by Gasteiger charge is -2.17. The molecule has 2 aliphatic heterocycles. The Bertz CT molecular complexity index is 999. The highest BCUT2D eigenvalue weighted by molar-refractivity contribution is 5.86. The minimum absolute atomic E-state index is 0.288. The van der Waals surface area contributed by atoms with Gasteiger partial charge in [-0.15, -0.1) is 0 Å². The Hall–Kier alpha value is -2.68. The minimum Gasteiger partial charge on any atom is -0.341 e. The molecule has 0 bridgehead atoms. The number of hydrogen-bond acceptors (Lipinski definition) is 7. The Morgan fingerprint density at radius 3 is 2.69 bits per heavy atom. The third-order valence-electron chi connectivity index (χ3n) is 5.96. The van der Waals surface area contributed by atoms with Crippen molar-refractivity contribution < 1.29 is 0 Å². The van der Waals surface area contributed by atoms with E-state index >= 15 is 0 Å². The molecule has 5 rings (SSSR count). The Morgan fingerprint density at radius 1 is 1.14 bits per heavy atom. The largest absolute Gasteiger partial charge is 0.341 e. The first kappa shape index (κ1) is 18.4. The van der Waals surface area contributed by atoms with Crippen molar-refractivity contribution in [1.82, 2.24) is 34.2 Å². The number of hydrogen-bond donors (Lipinski definition) is 1. The molecule has 0 amide bonds. The molecule has 3 aromatic rings. The summed E-state index contributed by atoms with van der Waals surface area (Å²) >= 11 is 0. The summed E-state index contributed by atoms with van der Waals surface area (Å²) in [6.45, 7) is 8.47. The van der Waals surface area contributed by atoms with Gasteiger partial charge in [-0.3, -0.25) is 4.68 Å². The van der Waals surface area contributed by atoms with Gasteiger partial charge in [0.2, 0.25) is 5.95 Å². The molecule has 2 aliphatic rings. The zero-order chi connectivity index (χ0) is 20.0. The zero-order valence-electron chi connectivity index (χ0n) is 17.4. The number of nitrogens with one attached hydrogen (secondary N) is 1. The summed E-state index contributed by atoms with van der Waals surface area (Å²) < 4.78 is 4.18. The molecular weight excluding hydrogens is 366 g/mol. The molecule has 0 spiro atoms. The molecule has 1 unspecified atom stereocenters. The number of aromatic nitrogens is 6. The summed E-state index contributed by atoms with van der Waals surface area (Å²) in [5.41, 5.74) is 2.62. The maximum absolute atomic E-state index is 4.87. The van der Waals surface area contributed by atoms with Gasteiger partial charge in [0.1, 0.15) is 0 Å². The Labute approximate surface area is 170 Å². The molecule has 2 saturated heterocycles. The molecule has 154 valence electrons. The standard InChI is InChI=1S/C20H29N9/c1-14(2)28-13-21-17-18(24-20(25-19(17)28)27-7-4-5-8-27)23-15-10-22-29(11-15)16-6-9-26(3)12-16/h10-11,13-14,16H,4-9,12H2,1-3H3,(H,23,24,25). The fraction of sp³-hybridized carbons (Fsp3) is 0.600. The molecule has 0 aromatic carbocycles. The highest BCUT2D eigenvalue weighted by Gasteiger charge is 2.23. The Morgan fingerprint density at radius 2 is 1.97 bits per heavy atom. The van der Waals surface area contributed by atoms with Gasteiger partial charge in [-0.05, 0) is 46.7 Å². The molecule has 2 fully saturated rings. The molecule has 0 saturated carbocycles. The average Bonchev–Trinajstić information content (AvgIpc) is 3.48. The van der Waals surface area contributed by atoms with Gasteiger partial charge in [0.15, 0.2) is 17.0 Å². The molecule has 29 heavy (non-hydrogen) atoms. The summed E-state index contributed by atoms with van der Waals surface area (Å²) in [5.74, 6) is 1.53. The van der Waals surface area contributed by atoms with E-state index in [1.807, 2.05) is 12.5 Å². The van der Waals surface area contributed by atoms with Crippen molar-refractivity contribution in [3.63, 3.8) is 0 Å². The summed E-state index contributed by atoms with van der Waals surface area (Å²) in [4.78, 5) is 18.9. The second kappa shape index (κ2) is 7.29. The van der Waals surface area contributed by atoms with Crippen LogP contribution in [0.4, 0.5) is 17.5 Å². The Balaban J connectivity index is 1.49. The second-order valence-electron chi connectivity index (χ2n) is 8.52. The molecule has 9 nitrogen and oxygen atoms in total. The third kappa shape index (κ3) is 3.43. The lowest BCUT2D eigenvalue weighted by molar-refractivity contribution is 0.382. The molecule has 9 heteroatoms. The predicted octanol–water partition coefficient (Wildman–Crippen LogP) is 2.82. The molecule has 1 atom stereocenters. The molecule has 0 aliphatic carbocycles. The fourth-order valence-corrected chi connectivity index (χ4v) is 4.30. The van der Waals surface area contributed by atoms with Crippen molar-refractivity contribution in [3.8, 4) is 0 Å². The van der Waals surface area contributed by atoms with Crippen molar-refractivity contribution in [3.05, 3.63) is 18.7 Å². The van der Waals surface area contributed by atoms with E-state index in [9.17, 15) is 0 Å². The van der Waals surface area contributed by atoms with E-state index in [-0.39, 0.29) is 6.04 Å². The van der Waals surface area contributed by atoms with Gasteiger partial charge in [-0.1, -0.05) is 0 Å². The van der Waals surface area contributed by atoms with Crippen LogP contribution in [0.25, 0.3) is 11.2 Å². The van der Waals surface area contributed by atoms with Crippen molar-refractivity contribution in [1.29, 1.82) is 0 Å². The van der Waals surface area contributed by atoms with Crippen LogP contribution in [0, 0.1) is 0 Å². The maximum atomic E-state index is 4.87. The predicted molar refractivity (Wildman–Crippen MR) is 114 cm³/mol. The summed E-state index contributed by atoms with van der Waals surface area (Å²) in [7, 11) is 2.16. The van der Waals surface area contributed by atoms with E-state index in [1.165, 1.54) is 12.8 Å². The van der Waals surface area contributed by atoms with E-state index in [0.717, 1.165) is 61.2 Å². The summed E-state index contributed by atoms with van der Waals surface area (Å²) in [6.07, 6.45) is 9.33. The van der Waals surface area contributed by atoms with Crippen LogP contribution in [0.1, 0.15) is 45.2 Å². The molecular formula is C20H29N9. The summed E-state index contributed by atoms with van der Waals surface area (Å²) in [5, 5.41) is 8.06. The number of likely N-dealkylation sites (tertiary alicyclic amines) is 1. The number of likely N-dealkylation sites (N-methyl/N-ethyl adjacent to an activating group) is 1. The van der Waals surface area contributed by atoms with Crippen molar-refractivity contribution >= 4 is 28.6 Å². The van der Waals surface area contributed by atoms with Gasteiger partial charge in [0, 0.05) is 31.9 Å². The zero-order valence-corrected chi connectivity index (χ0v) is 17.4. The average molecular weight is 396 g/mol. The fourth-order valence-electron chi connectivity index (χ4n) is 4.30. The van der Waals surface area contributed by atoms with Gasteiger partial charge in [-0.25, -0.2) is 4.98 Å². The molecule has 0 radical (unpaired) electrons. The maximum Gasteiger partial charge on any atom is 0.229 e. The van der Waals surface area contributed by atoms with Crippen LogP contribution in [-0.4, -0.2) is 67.4 Å². The molecule has 1 N–H and O–H groups in total. The topological polar surface area (TPSA) is 79.9 Å². The number of fused-ring (bicyclic) bond motifs is 1. The first-order chi connectivity index (χ1) is 14.1. The number of rotatable bonds is 5. The number of nitrogens with zero attached hydrogens (tertiary/aromatic N) is 8. The van der Waals surface area contributed by atoms with Gasteiger partial charge < -0.3 is 19.7 Å². The van der Waals surface area contributed by atoms with Crippen LogP contribution in [0.3, 0.4) is 0 Å². The third-order valence-corrected chi connectivity index (χ3v) is 5.96. The normalized spacial score (nSPS) is 20.4. The van der Waals surface area contributed by atoms with Crippen LogP contribution in [-0.2, 0) is 0 Å². The minimum atomic E-state index is 0.288. The molecule has 3 aromatic heterocycles. The van der Waals surface area contributed by atoms with Gasteiger partial charge in [0.25, 0.3) is 0 Å². The van der Waals surface area contributed by atoms with Gasteiger partial charge in [0.05, 0.1) is 24.3 Å². The lowest BCUT2D eigenvalue weighted by Crippen LogP contribution is -2.21. The van der Waals surface area contributed by atoms with Crippen LogP contribution in [0.2, 0.25) is 0 Å². The van der Waals surface area contributed by atoms with Gasteiger partial charge >= 0.3 is 0 Å². The second-order valence-corrected chi connectivity index (χ2v) is 8.52. The first-order valence-electron chi connectivity index (χ1n) is 10.6. The van der Waals surface area contributed by atoms with E-state index in [1.54, 1.807) is 0 Å². The van der Waals surface area contributed by atoms with Crippen molar-refractivity contribution in [2.75, 3.05) is 43.4 Å². The van der Waals surface area contributed by atoms with Crippen LogP contribution < -0.4 is 10.2 Å². The van der Waals surface area contributed by atoms with E-state index in [4.69, 9.17) is 9.97 Å². The van der Waals surface area contributed by atoms with Crippen molar-refractivity contribution in [2.24, 2.45) is 0 Å². The van der Waals surface area contributed by atoms with Gasteiger partial charge in [-0.2, -0.15) is 15.1 Å². The number of anilines is 3. The smallest absolute Gasteiger partial charge is 0.229 e. The van der Waals surface area contributed by atoms with E-state index < -0.39 is 0 Å². The highest BCUT2D eigenvalue weighted by atomic mass is 15.3. The lowest BCUT2D eigenvalue weighted by atomic mass is 10.3. The molecule has 5 heterocycles. The quantitative estimate of drug-likeness (QED) is 0.711. The SMILES string of the molecule is CC(C)n1cnc2c(Nc3cnn(C4CCN(C)C4)c3)nc(N3CCCC3)nc21. The van der Waals surface area contributed by atoms with E-state index in [2.05, 4.69) is 61.5 Å². The first-order valence-corrected chi connectivity index (χ1v) is 10.6. The van der Waals surface area contributed by atoms with E-state index in [0.29, 0.717) is 6.04 Å². The number of imidazole rings is 1. The van der Waals surface area contributed by atoms with Crippen LogP contribution >= 0.6 is 0 Å².